The van der Waals surface area contributed by atoms with Crippen molar-refractivity contribution in [2.24, 2.45) is 0 Å². The molecule has 0 radical (unpaired) electrons. The van der Waals surface area contributed by atoms with E-state index in [1.54, 1.807) is 17.0 Å². The van der Waals surface area contributed by atoms with Gasteiger partial charge in [-0.25, -0.2) is 14.2 Å². The minimum Gasteiger partial charge on any atom is -0.444 e. The van der Waals surface area contributed by atoms with Crippen LogP contribution in [0.15, 0.2) is 33.8 Å². The van der Waals surface area contributed by atoms with Crippen LogP contribution in [-0.2, 0) is 4.74 Å². The molecule has 9 heteroatoms. The number of aromatic nitrogens is 1. The molecule has 0 atom stereocenters. The van der Waals surface area contributed by atoms with E-state index in [4.69, 9.17) is 9.15 Å². The molecular weight excluding hydrogens is 445 g/mol. The molecule has 1 saturated carbocycles. The summed E-state index contributed by atoms with van der Waals surface area (Å²) < 4.78 is 25.2. The molecule has 4 rings (SSSR count). The van der Waals surface area contributed by atoms with Crippen molar-refractivity contribution in [2.45, 2.75) is 69.0 Å². The Kier molecular flexibility index (Phi) is 6.70. The van der Waals surface area contributed by atoms with Gasteiger partial charge in [0.1, 0.15) is 17.7 Å². The average Bonchev–Trinajstić information content (AvgIpc) is 3.47. The van der Waals surface area contributed by atoms with Gasteiger partial charge in [0, 0.05) is 35.6 Å². The Hall–Kier alpha value is -2.55. The fraction of sp³-hybridized carbons (Fsp3) is 0.542. The van der Waals surface area contributed by atoms with Crippen molar-refractivity contribution >= 4 is 23.8 Å². The second kappa shape index (κ2) is 9.37. The first-order valence-electron chi connectivity index (χ1n) is 11.3. The summed E-state index contributed by atoms with van der Waals surface area (Å²) >= 11 is 1.32. The average molecular weight is 476 g/mol. The number of hydrogen-bond donors (Lipinski definition) is 0. The van der Waals surface area contributed by atoms with Crippen molar-refractivity contribution in [3.8, 4) is 11.5 Å². The van der Waals surface area contributed by atoms with Crippen molar-refractivity contribution in [1.82, 2.24) is 14.8 Å². The number of rotatable bonds is 5. The zero-order valence-electron chi connectivity index (χ0n) is 19.5. The maximum Gasteiger partial charge on any atom is 0.410 e. The van der Waals surface area contributed by atoms with Crippen molar-refractivity contribution in [3.63, 3.8) is 0 Å². The number of amides is 2. The summed E-state index contributed by atoms with van der Waals surface area (Å²) in [6.07, 6.45) is 6.15. The van der Waals surface area contributed by atoms with E-state index in [2.05, 4.69) is 4.98 Å². The number of benzene rings is 1. The number of piperidine rings is 1. The Morgan fingerprint density at radius 2 is 1.85 bits per heavy atom. The summed E-state index contributed by atoms with van der Waals surface area (Å²) in [5.41, 5.74) is 0.182. The molecule has 7 nitrogen and oxygen atoms in total. The van der Waals surface area contributed by atoms with Crippen LogP contribution in [0.1, 0.15) is 56.9 Å². The molecule has 0 bridgehead atoms. The Balaban J connectivity index is 1.44. The number of oxazole rings is 1. The van der Waals surface area contributed by atoms with E-state index in [-0.39, 0.29) is 41.5 Å². The fourth-order valence-corrected chi connectivity index (χ4v) is 4.53. The zero-order valence-corrected chi connectivity index (χ0v) is 20.3. The van der Waals surface area contributed by atoms with Gasteiger partial charge in [0.15, 0.2) is 5.69 Å². The van der Waals surface area contributed by atoms with Crippen molar-refractivity contribution in [2.75, 3.05) is 19.3 Å². The number of carbonyl (C=O) groups excluding carboxylic acids is 2. The highest BCUT2D eigenvalue weighted by Crippen LogP contribution is 2.34. The Morgan fingerprint density at radius 3 is 2.42 bits per heavy atom. The van der Waals surface area contributed by atoms with E-state index in [0.717, 1.165) is 12.8 Å². The first kappa shape index (κ1) is 23.6. The first-order chi connectivity index (χ1) is 15.7. The molecule has 2 heterocycles. The highest BCUT2D eigenvalue weighted by Gasteiger charge is 2.40. The molecular formula is C24H30FN3O4S. The zero-order chi connectivity index (χ0) is 23.8. The third kappa shape index (κ3) is 5.51. The summed E-state index contributed by atoms with van der Waals surface area (Å²) in [4.78, 5) is 34.3. The molecule has 2 aromatic rings. The third-order valence-electron chi connectivity index (χ3n) is 5.81. The van der Waals surface area contributed by atoms with Crippen LogP contribution in [0.4, 0.5) is 9.18 Å². The quantitative estimate of drug-likeness (QED) is 0.553. The lowest BCUT2D eigenvalue weighted by Gasteiger charge is -2.38. The number of thioether (sulfide) groups is 1. The molecule has 2 aliphatic rings. The predicted molar refractivity (Wildman–Crippen MR) is 124 cm³/mol. The van der Waals surface area contributed by atoms with Crippen LogP contribution < -0.4 is 0 Å². The second-order valence-corrected chi connectivity index (χ2v) is 10.4. The number of likely N-dealkylation sites (tertiary alicyclic amines) is 1. The summed E-state index contributed by atoms with van der Waals surface area (Å²) in [5, 5.41) is 0. The molecule has 2 fully saturated rings. The lowest BCUT2D eigenvalue weighted by molar-refractivity contribution is 0.0141. The second-order valence-electron chi connectivity index (χ2n) is 9.53. The number of carbonyl (C=O) groups is 2. The SMILES string of the molecule is CSc1ccc(-c2nc(C(=O)N(C3CC3)C3CCN(C(=O)OC(C)(C)C)CC3)co2)cc1F. The lowest BCUT2D eigenvalue weighted by atomic mass is 10.0. The van der Waals surface area contributed by atoms with E-state index in [1.807, 2.05) is 31.9 Å². The topological polar surface area (TPSA) is 75.9 Å². The van der Waals surface area contributed by atoms with Crippen LogP contribution in [0, 0.1) is 5.82 Å². The Morgan fingerprint density at radius 1 is 1.18 bits per heavy atom. The van der Waals surface area contributed by atoms with E-state index in [1.165, 1.54) is 24.1 Å². The van der Waals surface area contributed by atoms with Gasteiger partial charge in [-0.1, -0.05) is 0 Å². The van der Waals surface area contributed by atoms with Gasteiger partial charge in [-0.05, 0) is 70.9 Å². The summed E-state index contributed by atoms with van der Waals surface area (Å²) in [5.74, 6) is -0.299. The molecule has 1 aromatic carbocycles. The lowest BCUT2D eigenvalue weighted by Crippen LogP contribution is -2.50. The molecule has 1 aliphatic carbocycles. The number of ether oxygens (including phenoxy) is 1. The highest BCUT2D eigenvalue weighted by molar-refractivity contribution is 7.98. The highest BCUT2D eigenvalue weighted by atomic mass is 32.2. The fourth-order valence-electron chi connectivity index (χ4n) is 4.07. The van der Waals surface area contributed by atoms with Gasteiger partial charge in [0.25, 0.3) is 5.91 Å². The van der Waals surface area contributed by atoms with Gasteiger partial charge in [0.05, 0.1) is 0 Å². The Labute approximate surface area is 197 Å². The van der Waals surface area contributed by atoms with Crippen LogP contribution in [-0.4, -0.2) is 63.8 Å². The molecule has 1 saturated heterocycles. The van der Waals surface area contributed by atoms with E-state index in [0.29, 0.717) is 36.4 Å². The molecule has 1 aliphatic heterocycles. The van der Waals surface area contributed by atoms with Gasteiger partial charge in [-0.2, -0.15) is 0 Å². The maximum atomic E-state index is 14.2. The van der Waals surface area contributed by atoms with Crippen molar-refractivity contribution in [1.29, 1.82) is 0 Å². The molecule has 0 spiro atoms. The van der Waals surface area contributed by atoms with Gasteiger partial charge >= 0.3 is 6.09 Å². The molecule has 178 valence electrons. The van der Waals surface area contributed by atoms with Crippen LogP contribution >= 0.6 is 11.8 Å². The number of halogens is 1. The maximum absolute atomic E-state index is 14.2. The van der Waals surface area contributed by atoms with Gasteiger partial charge in [-0.3, -0.25) is 4.79 Å². The van der Waals surface area contributed by atoms with Crippen LogP contribution in [0.5, 0.6) is 0 Å². The van der Waals surface area contributed by atoms with Crippen molar-refractivity contribution < 1.29 is 23.1 Å². The molecule has 0 unspecified atom stereocenters. The van der Waals surface area contributed by atoms with Gasteiger partial charge in [0.2, 0.25) is 5.89 Å². The van der Waals surface area contributed by atoms with E-state index in [9.17, 15) is 14.0 Å². The molecule has 0 N–H and O–H groups in total. The predicted octanol–water partition coefficient (Wildman–Crippen LogP) is 5.21. The van der Waals surface area contributed by atoms with E-state index >= 15 is 0 Å². The van der Waals surface area contributed by atoms with Gasteiger partial charge in [-0.15, -0.1) is 11.8 Å². The Bertz CT molecular complexity index is 1020. The standard InChI is InChI=1S/C24H30FN3O4S/c1-24(2,3)32-23(30)27-11-9-17(10-12-27)28(16-6-7-16)22(29)19-14-31-21(26-19)15-5-8-20(33-4)18(25)13-15/h5,8,13-14,16-17H,6-7,9-12H2,1-4H3. The van der Waals surface area contributed by atoms with Crippen LogP contribution in [0.2, 0.25) is 0 Å². The summed E-state index contributed by atoms with van der Waals surface area (Å²) in [6, 6.07) is 5.00. The van der Waals surface area contributed by atoms with E-state index < -0.39 is 5.60 Å². The van der Waals surface area contributed by atoms with Gasteiger partial charge < -0.3 is 19.0 Å². The minimum absolute atomic E-state index is 0.0298. The third-order valence-corrected chi connectivity index (χ3v) is 6.58. The number of hydrogen-bond acceptors (Lipinski definition) is 6. The first-order valence-corrected chi connectivity index (χ1v) is 12.5. The monoisotopic (exact) mass is 475 g/mol. The molecule has 2 amide bonds. The summed E-state index contributed by atoms with van der Waals surface area (Å²) in [6.45, 7) is 6.64. The normalized spacial score (nSPS) is 17.2. The largest absolute Gasteiger partial charge is 0.444 e. The molecule has 1 aromatic heterocycles. The minimum atomic E-state index is -0.535. The summed E-state index contributed by atoms with van der Waals surface area (Å²) in [7, 11) is 0. The van der Waals surface area contributed by atoms with Crippen molar-refractivity contribution in [3.05, 3.63) is 36.0 Å². The van der Waals surface area contributed by atoms with Crippen LogP contribution in [0.25, 0.3) is 11.5 Å². The number of nitrogens with zero attached hydrogens (tertiary/aromatic N) is 3. The smallest absolute Gasteiger partial charge is 0.410 e. The molecule has 33 heavy (non-hydrogen) atoms. The van der Waals surface area contributed by atoms with Crippen LogP contribution in [0.3, 0.4) is 0 Å².